The summed E-state index contributed by atoms with van der Waals surface area (Å²) in [5.74, 6) is -0.685. The molecular weight excluding hydrogens is 244 g/mol. The Hall–Kier alpha value is -0.660. The van der Waals surface area contributed by atoms with Crippen LogP contribution in [0, 0.1) is 11.8 Å². The fourth-order valence-corrected chi connectivity index (χ4v) is 3.27. The lowest BCUT2D eigenvalue weighted by Gasteiger charge is -2.17. The number of carboxylic acid groups (broad SMARTS) is 1. The Morgan fingerprint density at radius 3 is 2.71 bits per heavy atom. The Bertz CT molecular complexity index is 367. The van der Waals surface area contributed by atoms with Crippen molar-refractivity contribution in [3.63, 3.8) is 0 Å². The third kappa shape index (κ3) is 4.61. The van der Waals surface area contributed by atoms with Gasteiger partial charge in [-0.25, -0.2) is 4.72 Å². The molecule has 1 saturated heterocycles. The van der Waals surface area contributed by atoms with E-state index in [-0.39, 0.29) is 18.3 Å². The Kier molecular flexibility index (Phi) is 4.91. The number of rotatable bonds is 6. The maximum atomic E-state index is 11.8. The zero-order valence-electron chi connectivity index (χ0n) is 10.2. The van der Waals surface area contributed by atoms with Gasteiger partial charge in [-0.1, -0.05) is 13.8 Å². The summed E-state index contributed by atoms with van der Waals surface area (Å²) in [6, 6.07) is 0. The summed E-state index contributed by atoms with van der Waals surface area (Å²) in [5.41, 5.74) is 0. The molecule has 2 N–H and O–H groups in total. The predicted molar refractivity (Wildman–Crippen MR) is 63.7 cm³/mol. The zero-order valence-corrected chi connectivity index (χ0v) is 11.0. The first-order chi connectivity index (χ1) is 7.81. The van der Waals surface area contributed by atoms with Crippen LogP contribution in [-0.4, -0.2) is 43.4 Å². The van der Waals surface area contributed by atoms with E-state index in [4.69, 9.17) is 5.11 Å². The van der Waals surface area contributed by atoms with Gasteiger partial charge in [0.25, 0.3) is 10.2 Å². The summed E-state index contributed by atoms with van der Waals surface area (Å²) in [5, 5.41) is 8.66. The standard InChI is InChI=1S/C10H20N2O4S/c1-8(2)6-11-17(15,16)12-4-3-9(7-12)5-10(13)14/h8-9,11H,3-7H2,1-2H3,(H,13,14). The fourth-order valence-electron chi connectivity index (χ4n) is 1.79. The van der Waals surface area contributed by atoms with Gasteiger partial charge in [-0.3, -0.25) is 4.79 Å². The van der Waals surface area contributed by atoms with E-state index >= 15 is 0 Å². The monoisotopic (exact) mass is 264 g/mol. The molecule has 1 fully saturated rings. The first-order valence-corrected chi connectivity index (χ1v) is 7.22. The molecule has 0 amide bonds. The van der Waals surface area contributed by atoms with Gasteiger partial charge in [-0.2, -0.15) is 12.7 Å². The molecule has 0 aromatic heterocycles. The van der Waals surface area contributed by atoms with E-state index in [9.17, 15) is 13.2 Å². The maximum absolute atomic E-state index is 11.8. The minimum atomic E-state index is -3.43. The zero-order chi connectivity index (χ0) is 13.1. The fraction of sp³-hybridized carbons (Fsp3) is 0.900. The normalized spacial score (nSPS) is 22.2. The van der Waals surface area contributed by atoms with Crippen LogP contribution in [-0.2, 0) is 15.0 Å². The van der Waals surface area contributed by atoms with Crippen LogP contribution in [0.4, 0.5) is 0 Å². The first kappa shape index (κ1) is 14.4. The highest BCUT2D eigenvalue weighted by molar-refractivity contribution is 7.87. The molecule has 17 heavy (non-hydrogen) atoms. The molecule has 1 aliphatic rings. The molecule has 100 valence electrons. The van der Waals surface area contributed by atoms with E-state index in [1.54, 1.807) is 0 Å². The van der Waals surface area contributed by atoms with Gasteiger partial charge in [0.05, 0.1) is 0 Å². The summed E-state index contributed by atoms with van der Waals surface area (Å²) in [7, 11) is -3.43. The SMILES string of the molecule is CC(C)CNS(=O)(=O)N1CCC(CC(=O)O)C1. The Balaban J connectivity index is 2.49. The Morgan fingerprint density at radius 1 is 1.53 bits per heavy atom. The number of aliphatic carboxylic acids is 1. The van der Waals surface area contributed by atoms with Crippen molar-refractivity contribution in [2.45, 2.75) is 26.7 Å². The lowest BCUT2D eigenvalue weighted by Crippen LogP contribution is -2.40. The van der Waals surface area contributed by atoms with E-state index in [0.717, 1.165) is 0 Å². The number of nitrogens with zero attached hydrogens (tertiary/aromatic N) is 1. The van der Waals surface area contributed by atoms with Gasteiger partial charge >= 0.3 is 5.97 Å². The summed E-state index contributed by atoms with van der Waals surface area (Å²) in [6.45, 7) is 4.98. The second kappa shape index (κ2) is 5.79. The molecule has 0 radical (unpaired) electrons. The molecule has 0 spiro atoms. The topological polar surface area (TPSA) is 86.7 Å². The average molecular weight is 264 g/mol. The number of nitrogens with one attached hydrogen (secondary N) is 1. The smallest absolute Gasteiger partial charge is 0.303 e. The lowest BCUT2D eigenvalue weighted by molar-refractivity contribution is -0.137. The van der Waals surface area contributed by atoms with Gasteiger partial charge in [0.1, 0.15) is 0 Å². The molecule has 0 aliphatic carbocycles. The van der Waals surface area contributed by atoms with Crippen LogP contribution in [0.25, 0.3) is 0 Å². The molecule has 0 aromatic rings. The maximum Gasteiger partial charge on any atom is 0.303 e. The van der Waals surface area contributed by atoms with Crippen molar-refractivity contribution in [3.05, 3.63) is 0 Å². The number of hydrogen-bond donors (Lipinski definition) is 2. The van der Waals surface area contributed by atoms with Gasteiger partial charge in [-0.05, 0) is 18.3 Å². The summed E-state index contributed by atoms with van der Waals surface area (Å²) < 4.78 is 27.5. The number of carboxylic acids is 1. The van der Waals surface area contributed by atoms with Crippen LogP contribution in [0.15, 0.2) is 0 Å². The molecule has 6 nitrogen and oxygen atoms in total. The third-order valence-corrected chi connectivity index (χ3v) is 4.27. The Morgan fingerprint density at radius 2 is 2.18 bits per heavy atom. The van der Waals surface area contributed by atoms with Gasteiger partial charge in [-0.15, -0.1) is 0 Å². The van der Waals surface area contributed by atoms with Crippen molar-refractivity contribution in [2.75, 3.05) is 19.6 Å². The van der Waals surface area contributed by atoms with Crippen LogP contribution in [0.2, 0.25) is 0 Å². The largest absolute Gasteiger partial charge is 0.481 e. The van der Waals surface area contributed by atoms with Crippen LogP contribution >= 0.6 is 0 Å². The average Bonchev–Trinajstić information content (AvgIpc) is 2.63. The molecule has 7 heteroatoms. The summed E-state index contributed by atoms with van der Waals surface area (Å²) >= 11 is 0. The van der Waals surface area contributed by atoms with Crippen molar-refractivity contribution in [1.82, 2.24) is 9.03 Å². The quantitative estimate of drug-likeness (QED) is 0.721. The summed E-state index contributed by atoms with van der Waals surface area (Å²) in [6.07, 6.45) is 0.658. The van der Waals surface area contributed by atoms with Crippen LogP contribution < -0.4 is 4.72 Å². The Labute approximate surface area is 102 Å². The van der Waals surface area contributed by atoms with Crippen molar-refractivity contribution in [1.29, 1.82) is 0 Å². The van der Waals surface area contributed by atoms with Crippen molar-refractivity contribution in [2.24, 2.45) is 11.8 Å². The molecule has 0 aromatic carbocycles. The molecule has 0 saturated carbocycles. The van der Waals surface area contributed by atoms with Crippen LogP contribution in [0.1, 0.15) is 26.7 Å². The second-order valence-electron chi connectivity index (χ2n) is 4.86. The molecule has 1 atom stereocenters. The van der Waals surface area contributed by atoms with Gasteiger partial charge in [0, 0.05) is 26.1 Å². The molecular formula is C10H20N2O4S. The second-order valence-corrected chi connectivity index (χ2v) is 6.61. The van der Waals surface area contributed by atoms with E-state index in [1.807, 2.05) is 13.8 Å². The van der Waals surface area contributed by atoms with Gasteiger partial charge < -0.3 is 5.11 Å². The molecule has 0 bridgehead atoms. The number of hydrogen-bond acceptors (Lipinski definition) is 3. The van der Waals surface area contributed by atoms with Crippen molar-refractivity contribution in [3.8, 4) is 0 Å². The highest BCUT2D eigenvalue weighted by Crippen LogP contribution is 2.21. The minimum Gasteiger partial charge on any atom is -0.481 e. The predicted octanol–water partition coefficient (Wildman–Crippen LogP) is 0.273. The highest BCUT2D eigenvalue weighted by atomic mass is 32.2. The molecule has 1 heterocycles. The molecule has 1 unspecified atom stereocenters. The third-order valence-electron chi connectivity index (χ3n) is 2.73. The van der Waals surface area contributed by atoms with Gasteiger partial charge in [0.15, 0.2) is 0 Å². The van der Waals surface area contributed by atoms with E-state index in [2.05, 4.69) is 4.72 Å². The number of carbonyl (C=O) groups is 1. The summed E-state index contributed by atoms with van der Waals surface area (Å²) in [4.78, 5) is 10.5. The van der Waals surface area contributed by atoms with E-state index in [1.165, 1.54) is 4.31 Å². The minimum absolute atomic E-state index is 0.0379. The highest BCUT2D eigenvalue weighted by Gasteiger charge is 2.32. The van der Waals surface area contributed by atoms with Crippen LogP contribution in [0.3, 0.4) is 0 Å². The van der Waals surface area contributed by atoms with E-state index < -0.39 is 16.2 Å². The lowest BCUT2D eigenvalue weighted by atomic mass is 10.1. The van der Waals surface area contributed by atoms with Crippen molar-refractivity contribution < 1.29 is 18.3 Å². The van der Waals surface area contributed by atoms with Crippen molar-refractivity contribution >= 4 is 16.2 Å². The van der Waals surface area contributed by atoms with E-state index in [0.29, 0.717) is 26.1 Å². The molecule has 1 aliphatic heterocycles. The first-order valence-electron chi connectivity index (χ1n) is 5.78. The molecule has 1 rings (SSSR count). The van der Waals surface area contributed by atoms with Gasteiger partial charge in [0.2, 0.25) is 0 Å². The van der Waals surface area contributed by atoms with Crippen LogP contribution in [0.5, 0.6) is 0 Å².